The Morgan fingerprint density at radius 3 is 2.45 bits per heavy atom. The van der Waals surface area contributed by atoms with Crippen LogP contribution in [0, 0.1) is 0 Å². The smallest absolute Gasteiger partial charge is 0.226 e. The van der Waals surface area contributed by atoms with Crippen molar-refractivity contribution in [2.24, 2.45) is 0 Å². The first-order valence-electron chi connectivity index (χ1n) is 6.83. The number of nitrogens with zero attached hydrogens (tertiary/aromatic N) is 2. The van der Waals surface area contributed by atoms with E-state index in [1.165, 1.54) is 22.0 Å². The van der Waals surface area contributed by atoms with Gasteiger partial charge in [-0.1, -0.05) is 54.6 Å². The van der Waals surface area contributed by atoms with Crippen LogP contribution in [0.2, 0.25) is 0 Å². The molecule has 96 valence electrons. The normalized spacial score (nSPS) is 11.2. The summed E-state index contributed by atoms with van der Waals surface area (Å²) in [6.45, 7) is 0.898. The molecule has 0 unspecified atom stereocenters. The summed E-state index contributed by atoms with van der Waals surface area (Å²) in [7, 11) is 0. The van der Waals surface area contributed by atoms with Gasteiger partial charge in [0.15, 0.2) is 0 Å². The molecule has 0 saturated heterocycles. The molecular formula is C18H15N2+. The Morgan fingerprint density at radius 2 is 1.60 bits per heavy atom. The maximum absolute atomic E-state index is 2.28. The van der Waals surface area contributed by atoms with Crippen molar-refractivity contribution in [3.63, 3.8) is 0 Å². The molecule has 20 heavy (non-hydrogen) atoms. The Balaban J connectivity index is 1.86. The van der Waals surface area contributed by atoms with Crippen LogP contribution in [-0.4, -0.2) is 4.40 Å². The first-order chi connectivity index (χ1) is 9.90. The highest BCUT2D eigenvalue weighted by molar-refractivity contribution is 5.84. The predicted octanol–water partition coefficient (Wildman–Crippen LogP) is 3.43. The lowest BCUT2D eigenvalue weighted by atomic mass is 10.2. The fraction of sp³-hybridized carbons (Fsp3) is 0.0556. The van der Waals surface area contributed by atoms with E-state index in [1.54, 1.807) is 0 Å². The van der Waals surface area contributed by atoms with Gasteiger partial charge in [-0.2, -0.15) is 0 Å². The second-order valence-electron chi connectivity index (χ2n) is 5.08. The van der Waals surface area contributed by atoms with Crippen LogP contribution in [0.3, 0.4) is 0 Å². The van der Waals surface area contributed by atoms with Gasteiger partial charge >= 0.3 is 0 Å². The van der Waals surface area contributed by atoms with Crippen molar-refractivity contribution >= 4 is 16.4 Å². The van der Waals surface area contributed by atoms with E-state index in [9.17, 15) is 0 Å². The number of aromatic nitrogens is 2. The fourth-order valence-corrected chi connectivity index (χ4v) is 2.68. The van der Waals surface area contributed by atoms with Crippen molar-refractivity contribution in [3.8, 4) is 0 Å². The van der Waals surface area contributed by atoms with E-state index >= 15 is 0 Å². The standard InChI is InChI=1S/C18H15N2/c1-2-6-15(7-3-1)13-19-10-11-20-14-17-9-5-4-8-16(17)12-18(19)20/h1-12,14H,13H2/q+1. The zero-order valence-electron chi connectivity index (χ0n) is 11.1. The molecular weight excluding hydrogens is 244 g/mol. The lowest BCUT2D eigenvalue weighted by Crippen LogP contribution is -2.32. The number of pyridine rings is 1. The van der Waals surface area contributed by atoms with Crippen LogP contribution in [0.5, 0.6) is 0 Å². The molecule has 0 N–H and O–H groups in total. The molecule has 4 aromatic rings. The lowest BCUT2D eigenvalue weighted by Gasteiger charge is -2.00. The SMILES string of the molecule is c1ccc(C[n+]2ccn3cc4ccccc4cc32)cc1. The Labute approximate surface area is 117 Å². The van der Waals surface area contributed by atoms with Crippen LogP contribution in [0.4, 0.5) is 0 Å². The third-order valence-electron chi connectivity index (χ3n) is 3.72. The summed E-state index contributed by atoms with van der Waals surface area (Å²) in [6, 6.07) is 21.3. The minimum absolute atomic E-state index is 0.898. The summed E-state index contributed by atoms with van der Waals surface area (Å²) in [5, 5.41) is 2.54. The third kappa shape index (κ3) is 1.86. The molecule has 2 aromatic heterocycles. The van der Waals surface area contributed by atoms with Crippen molar-refractivity contribution in [1.82, 2.24) is 4.40 Å². The maximum Gasteiger partial charge on any atom is 0.287 e. The number of hydrogen-bond acceptors (Lipinski definition) is 0. The van der Waals surface area contributed by atoms with Crippen molar-refractivity contribution in [3.05, 3.63) is 84.8 Å². The molecule has 2 nitrogen and oxygen atoms in total. The number of rotatable bonds is 2. The summed E-state index contributed by atoms with van der Waals surface area (Å²) in [5.74, 6) is 0. The van der Waals surface area contributed by atoms with Gasteiger partial charge in [0.1, 0.15) is 25.1 Å². The zero-order chi connectivity index (χ0) is 13.4. The molecule has 0 saturated carbocycles. The van der Waals surface area contributed by atoms with E-state index in [4.69, 9.17) is 0 Å². The van der Waals surface area contributed by atoms with Crippen molar-refractivity contribution in [1.29, 1.82) is 0 Å². The molecule has 0 fully saturated rings. The Hall–Kier alpha value is -2.61. The van der Waals surface area contributed by atoms with Gasteiger partial charge in [-0.25, -0.2) is 8.97 Å². The van der Waals surface area contributed by atoms with E-state index in [2.05, 4.69) is 88.2 Å². The van der Waals surface area contributed by atoms with Gasteiger partial charge in [-0.15, -0.1) is 0 Å². The predicted molar refractivity (Wildman–Crippen MR) is 80.6 cm³/mol. The molecule has 0 radical (unpaired) electrons. The van der Waals surface area contributed by atoms with Gasteiger partial charge in [0.2, 0.25) is 0 Å². The summed E-state index contributed by atoms with van der Waals surface area (Å²) >= 11 is 0. The molecule has 0 aliphatic carbocycles. The highest BCUT2D eigenvalue weighted by Crippen LogP contribution is 2.15. The average molecular weight is 259 g/mol. The topological polar surface area (TPSA) is 8.29 Å². The molecule has 0 amide bonds. The van der Waals surface area contributed by atoms with Gasteiger partial charge in [0.05, 0.1) is 0 Å². The average Bonchev–Trinajstić information content (AvgIpc) is 2.88. The van der Waals surface area contributed by atoms with Crippen LogP contribution in [0.1, 0.15) is 5.56 Å². The highest BCUT2D eigenvalue weighted by atomic mass is 15.1. The monoisotopic (exact) mass is 259 g/mol. The van der Waals surface area contributed by atoms with Crippen LogP contribution in [0.15, 0.2) is 79.3 Å². The van der Waals surface area contributed by atoms with E-state index in [1.807, 2.05) is 0 Å². The Kier molecular flexibility index (Phi) is 2.52. The zero-order valence-corrected chi connectivity index (χ0v) is 11.1. The summed E-state index contributed by atoms with van der Waals surface area (Å²) in [5.41, 5.74) is 2.53. The first kappa shape index (κ1) is 11.2. The van der Waals surface area contributed by atoms with Crippen LogP contribution in [0.25, 0.3) is 16.4 Å². The molecule has 0 aliphatic rings. The second-order valence-corrected chi connectivity index (χ2v) is 5.08. The van der Waals surface area contributed by atoms with Crippen molar-refractivity contribution < 1.29 is 4.57 Å². The Bertz CT molecular complexity index is 876. The van der Waals surface area contributed by atoms with Crippen LogP contribution in [-0.2, 0) is 6.54 Å². The highest BCUT2D eigenvalue weighted by Gasteiger charge is 2.11. The van der Waals surface area contributed by atoms with Gasteiger partial charge in [0.25, 0.3) is 5.65 Å². The first-order valence-corrected chi connectivity index (χ1v) is 6.83. The fourth-order valence-electron chi connectivity index (χ4n) is 2.68. The number of imidazole rings is 1. The molecule has 0 spiro atoms. The van der Waals surface area contributed by atoms with Gasteiger partial charge in [-0.3, -0.25) is 0 Å². The van der Waals surface area contributed by atoms with E-state index in [0.29, 0.717) is 0 Å². The maximum atomic E-state index is 2.28. The molecule has 2 heteroatoms. The molecule has 0 aliphatic heterocycles. The van der Waals surface area contributed by atoms with E-state index in [0.717, 1.165) is 6.54 Å². The minimum atomic E-state index is 0.898. The van der Waals surface area contributed by atoms with E-state index < -0.39 is 0 Å². The van der Waals surface area contributed by atoms with Crippen molar-refractivity contribution in [2.45, 2.75) is 6.54 Å². The molecule has 4 rings (SSSR count). The van der Waals surface area contributed by atoms with Gasteiger partial charge in [-0.05, 0) is 10.9 Å². The molecule has 0 bridgehead atoms. The summed E-state index contributed by atoms with van der Waals surface area (Å²) < 4.78 is 4.47. The van der Waals surface area contributed by atoms with E-state index in [-0.39, 0.29) is 0 Å². The second kappa shape index (κ2) is 4.49. The summed E-state index contributed by atoms with van der Waals surface area (Å²) in [4.78, 5) is 0. The number of hydrogen-bond donors (Lipinski definition) is 0. The molecule has 2 aromatic carbocycles. The lowest BCUT2D eigenvalue weighted by molar-refractivity contribution is -0.661. The van der Waals surface area contributed by atoms with Gasteiger partial charge in [0, 0.05) is 11.5 Å². The number of benzene rings is 2. The quantitative estimate of drug-likeness (QED) is 0.487. The third-order valence-corrected chi connectivity index (χ3v) is 3.72. The van der Waals surface area contributed by atoms with Crippen LogP contribution < -0.4 is 4.57 Å². The largest absolute Gasteiger partial charge is 0.287 e. The van der Waals surface area contributed by atoms with Crippen molar-refractivity contribution in [2.75, 3.05) is 0 Å². The number of fused-ring (bicyclic) bond motifs is 2. The Morgan fingerprint density at radius 1 is 0.850 bits per heavy atom. The van der Waals surface area contributed by atoms with Crippen LogP contribution >= 0.6 is 0 Å². The molecule has 2 heterocycles. The summed E-state index contributed by atoms with van der Waals surface area (Å²) in [6.07, 6.45) is 6.44. The minimum Gasteiger partial charge on any atom is -0.226 e. The van der Waals surface area contributed by atoms with Gasteiger partial charge < -0.3 is 0 Å². The molecule has 0 atom stereocenters.